The first-order chi connectivity index (χ1) is 9.58. The molecule has 0 aliphatic heterocycles. The van der Waals surface area contributed by atoms with Crippen LogP contribution in [-0.4, -0.2) is 44.3 Å². The van der Waals surface area contributed by atoms with Crippen molar-refractivity contribution < 1.29 is 14.3 Å². The van der Waals surface area contributed by atoms with Crippen LogP contribution in [0.4, 0.5) is 0 Å². The van der Waals surface area contributed by atoms with Gasteiger partial charge in [0.05, 0.1) is 23.7 Å². The average Bonchev–Trinajstić information content (AvgIpc) is 2.90. The van der Waals surface area contributed by atoms with Crippen molar-refractivity contribution in [1.29, 1.82) is 0 Å². The Hall–Kier alpha value is 0.287. The molecule has 7 heteroatoms. The quantitative estimate of drug-likeness (QED) is 0.560. The van der Waals surface area contributed by atoms with Crippen molar-refractivity contribution in [2.75, 3.05) is 14.2 Å². The van der Waals surface area contributed by atoms with Crippen molar-refractivity contribution in [3.8, 4) is 11.5 Å². The molecule has 0 N–H and O–H groups in total. The molecule has 112 valence electrons. The van der Waals surface area contributed by atoms with E-state index in [9.17, 15) is 4.79 Å². The predicted octanol–water partition coefficient (Wildman–Crippen LogP) is 4.23. The number of benzene rings is 1. The number of rotatable bonds is 5. The molecule has 1 aromatic carbocycles. The van der Waals surface area contributed by atoms with E-state index in [1.54, 1.807) is 13.2 Å². The maximum atomic E-state index is 12.6. The van der Waals surface area contributed by atoms with Crippen LogP contribution in [0.1, 0.15) is 36.0 Å². The molecule has 1 aliphatic rings. The summed E-state index contributed by atoms with van der Waals surface area (Å²) in [6, 6.07) is 1.69. The van der Waals surface area contributed by atoms with Crippen LogP contribution in [0.25, 0.3) is 0 Å². The summed E-state index contributed by atoms with van der Waals surface area (Å²) in [6.07, 6.45) is 4.71. The van der Waals surface area contributed by atoms with E-state index >= 15 is 0 Å². The van der Waals surface area contributed by atoms with Crippen LogP contribution < -0.4 is 9.47 Å². The van der Waals surface area contributed by atoms with Crippen molar-refractivity contribution in [2.24, 2.45) is 0 Å². The summed E-state index contributed by atoms with van der Waals surface area (Å²) in [6.45, 7) is 0. The third-order valence-electron chi connectivity index (χ3n) is 3.47. The van der Waals surface area contributed by atoms with Crippen LogP contribution in [0.5, 0.6) is 11.5 Å². The van der Waals surface area contributed by atoms with Crippen molar-refractivity contribution in [3.05, 3.63) is 21.1 Å². The van der Waals surface area contributed by atoms with E-state index in [4.69, 9.17) is 21.1 Å². The molecular weight excluding hydrogens is 369 g/mol. The number of ether oxygens (including phenoxy) is 2. The van der Waals surface area contributed by atoms with Gasteiger partial charge >= 0.3 is 18.9 Å². The zero-order chi connectivity index (χ0) is 14.7. The fraction of sp³-hybridized carbons (Fsp3) is 0.500. The van der Waals surface area contributed by atoms with E-state index in [1.807, 2.05) is 0 Å². The van der Waals surface area contributed by atoms with Gasteiger partial charge in [0.25, 0.3) is 0 Å². The monoisotopic (exact) mass is 386 g/mol. The standard InChI is InChI=1S/C14H17BrClO3P.Li.H/c1-18-12-9(15)7-10(16)13(19-2)11(12)14(17)20-8-5-3-4-6-8;;/h7-8,20H,3-6H2,1-2H3;;. The molecule has 2 rings (SSSR count). The van der Waals surface area contributed by atoms with Gasteiger partial charge in [-0.25, -0.2) is 0 Å². The molecule has 0 amide bonds. The molecular formula is C14H18BrClLiO3P. The predicted molar refractivity (Wildman–Crippen MR) is 94.3 cm³/mol. The zero-order valence-electron chi connectivity index (χ0n) is 11.5. The van der Waals surface area contributed by atoms with Crippen molar-refractivity contribution in [2.45, 2.75) is 31.3 Å². The van der Waals surface area contributed by atoms with Crippen LogP contribution in [0.3, 0.4) is 0 Å². The van der Waals surface area contributed by atoms with E-state index in [-0.39, 0.29) is 33.0 Å². The Morgan fingerprint density at radius 2 is 1.86 bits per heavy atom. The summed E-state index contributed by atoms with van der Waals surface area (Å²) in [7, 11) is 3.31. The number of carbonyl (C=O) groups is 1. The normalized spacial score (nSPS) is 15.2. The molecule has 0 aromatic heterocycles. The van der Waals surface area contributed by atoms with Gasteiger partial charge in [-0.2, -0.15) is 0 Å². The van der Waals surface area contributed by atoms with E-state index in [1.165, 1.54) is 20.0 Å². The Morgan fingerprint density at radius 3 is 2.38 bits per heavy atom. The van der Waals surface area contributed by atoms with Gasteiger partial charge < -0.3 is 9.47 Å². The van der Waals surface area contributed by atoms with Gasteiger partial charge in [-0.05, 0) is 49.1 Å². The molecule has 3 nitrogen and oxygen atoms in total. The molecule has 1 fully saturated rings. The number of halogens is 2. The minimum atomic E-state index is 0. The first kappa shape index (κ1) is 19.3. The third-order valence-corrected chi connectivity index (χ3v) is 5.83. The first-order valence-electron chi connectivity index (χ1n) is 6.49. The summed E-state index contributed by atoms with van der Waals surface area (Å²) in [5, 5.41) is 0.416. The van der Waals surface area contributed by atoms with Gasteiger partial charge in [0, 0.05) is 0 Å². The van der Waals surface area contributed by atoms with Crippen molar-refractivity contribution in [3.63, 3.8) is 0 Å². The summed E-state index contributed by atoms with van der Waals surface area (Å²) in [4.78, 5) is 12.6. The van der Waals surface area contributed by atoms with E-state index in [2.05, 4.69) is 15.9 Å². The second-order valence-corrected chi connectivity index (χ2v) is 7.56. The van der Waals surface area contributed by atoms with E-state index in [0.29, 0.717) is 32.2 Å². The Balaban J connectivity index is 0.00000220. The van der Waals surface area contributed by atoms with Crippen molar-refractivity contribution in [1.82, 2.24) is 0 Å². The number of methoxy groups -OCH3 is 2. The van der Waals surface area contributed by atoms with Crippen LogP contribution in [-0.2, 0) is 0 Å². The second kappa shape index (κ2) is 8.80. The topological polar surface area (TPSA) is 35.5 Å². The summed E-state index contributed by atoms with van der Waals surface area (Å²) in [5.41, 5.74) is 1.02. The molecule has 0 bridgehead atoms. The van der Waals surface area contributed by atoms with Gasteiger partial charge in [-0.3, -0.25) is 4.79 Å². The SMILES string of the molecule is COc1c(Cl)cc(Br)c(OC)c1C(=O)PC1CCCC1.[LiH]. The van der Waals surface area contributed by atoms with Gasteiger partial charge in [-0.15, -0.1) is 0 Å². The van der Waals surface area contributed by atoms with Crippen LogP contribution in [0, 0.1) is 0 Å². The minimum absolute atomic E-state index is 0. The second-order valence-electron chi connectivity index (χ2n) is 4.74. The fourth-order valence-corrected chi connectivity index (χ4v) is 4.96. The van der Waals surface area contributed by atoms with E-state index < -0.39 is 0 Å². The van der Waals surface area contributed by atoms with Gasteiger partial charge in [0.2, 0.25) is 0 Å². The molecule has 1 unspecified atom stereocenters. The number of hydrogen-bond donors (Lipinski definition) is 0. The molecule has 0 saturated heterocycles. The van der Waals surface area contributed by atoms with Crippen LogP contribution in [0.2, 0.25) is 5.02 Å². The van der Waals surface area contributed by atoms with Crippen LogP contribution in [0.15, 0.2) is 10.5 Å². The van der Waals surface area contributed by atoms with E-state index in [0.717, 1.165) is 12.8 Å². The molecule has 21 heavy (non-hydrogen) atoms. The summed E-state index contributed by atoms with van der Waals surface area (Å²) in [5.74, 6) is 0.906. The summed E-state index contributed by atoms with van der Waals surface area (Å²) < 4.78 is 11.3. The van der Waals surface area contributed by atoms with Gasteiger partial charge in [0.15, 0.2) is 11.3 Å². The van der Waals surface area contributed by atoms with Crippen LogP contribution >= 0.6 is 36.1 Å². The number of hydrogen-bond acceptors (Lipinski definition) is 3. The average molecular weight is 388 g/mol. The van der Waals surface area contributed by atoms with Crippen molar-refractivity contribution >= 4 is 60.5 Å². The Labute approximate surface area is 152 Å². The molecule has 1 aromatic rings. The fourth-order valence-electron chi connectivity index (χ4n) is 2.52. The van der Waals surface area contributed by atoms with Gasteiger partial charge in [0.1, 0.15) is 11.3 Å². The summed E-state index contributed by atoms with van der Waals surface area (Å²) >= 11 is 9.55. The molecule has 1 atom stereocenters. The Kier molecular flexibility index (Phi) is 8.10. The molecule has 1 aliphatic carbocycles. The zero-order valence-corrected chi connectivity index (χ0v) is 14.8. The molecule has 0 radical (unpaired) electrons. The molecule has 1 saturated carbocycles. The Bertz CT molecular complexity index is 493. The third kappa shape index (κ3) is 4.40. The first-order valence-corrected chi connectivity index (χ1v) is 8.74. The molecule has 0 heterocycles. The maximum absolute atomic E-state index is 12.6. The Morgan fingerprint density at radius 1 is 1.29 bits per heavy atom. The number of carbonyl (C=O) groups excluding carboxylic acids is 1. The van der Waals surface area contributed by atoms with Gasteiger partial charge in [-0.1, -0.05) is 24.4 Å². The molecule has 0 spiro atoms.